The molecular weight excluding hydrogens is 392 g/mol. The third-order valence-electron chi connectivity index (χ3n) is 4.27. The third-order valence-corrected chi connectivity index (χ3v) is 4.57. The highest BCUT2D eigenvalue weighted by atomic mass is 35.5. The molecule has 2 heterocycles. The number of hydrogen-bond acceptors (Lipinski definition) is 5. The number of aromatic amines is 1. The van der Waals surface area contributed by atoms with E-state index in [0.717, 1.165) is 10.9 Å². The van der Waals surface area contributed by atoms with Gasteiger partial charge in [-0.15, -0.1) is 0 Å². The molecule has 0 saturated carbocycles. The van der Waals surface area contributed by atoms with E-state index in [2.05, 4.69) is 30.8 Å². The van der Waals surface area contributed by atoms with Crippen LogP contribution in [0.5, 0.6) is 5.88 Å². The minimum Gasteiger partial charge on any atom is -0.491 e. The highest BCUT2D eigenvalue weighted by Crippen LogP contribution is 2.36. The van der Waals surface area contributed by atoms with Gasteiger partial charge in [0.1, 0.15) is 5.69 Å². The summed E-state index contributed by atoms with van der Waals surface area (Å²) < 4.78 is 0. The monoisotopic (exact) mass is 408 g/mol. The number of nitrogens with one attached hydrogen (secondary N) is 3. The zero-order chi connectivity index (χ0) is 20.4. The molecule has 2 aromatic carbocycles. The Morgan fingerprint density at radius 2 is 1.90 bits per heavy atom. The van der Waals surface area contributed by atoms with E-state index < -0.39 is 11.9 Å². The van der Waals surface area contributed by atoms with Gasteiger partial charge in [0.25, 0.3) is 5.88 Å². The summed E-state index contributed by atoms with van der Waals surface area (Å²) in [5.74, 6) is -0.427. The lowest BCUT2D eigenvalue weighted by molar-refractivity contribution is 0.252. The number of rotatable bonds is 4. The van der Waals surface area contributed by atoms with Crippen molar-refractivity contribution < 1.29 is 9.90 Å². The van der Waals surface area contributed by atoms with Crippen molar-refractivity contribution in [1.29, 1.82) is 0 Å². The van der Waals surface area contributed by atoms with E-state index in [4.69, 9.17) is 11.6 Å². The number of hydrogen-bond donors (Lipinski definition) is 4. The fraction of sp³-hybridized carbons (Fsp3) is 0.100. The van der Waals surface area contributed by atoms with Gasteiger partial charge in [0.2, 0.25) is 0 Å². The van der Waals surface area contributed by atoms with E-state index in [0.29, 0.717) is 34.0 Å². The van der Waals surface area contributed by atoms with Crippen molar-refractivity contribution >= 4 is 34.4 Å². The van der Waals surface area contributed by atoms with Gasteiger partial charge in [-0.2, -0.15) is 5.10 Å². The highest BCUT2D eigenvalue weighted by molar-refractivity contribution is 6.35. The zero-order valence-electron chi connectivity index (χ0n) is 15.4. The summed E-state index contributed by atoms with van der Waals surface area (Å²) in [5, 5.41) is 23.7. The third kappa shape index (κ3) is 3.70. The second kappa shape index (κ2) is 7.76. The van der Waals surface area contributed by atoms with Crippen LogP contribution in [0.15, 0.2) is 48.7 Å². The van der Waals surface area contributed by atoms with Crippen LogP contribution in [0.3, 0.4) is 0 Å². The first kappa shape index (κ1) is 18.7. The number of nitrogens with zero attached hydrogens (tertiary/aromatic N) is 3. The maximum Gasteiger partial charge on any atom is 0.320 e. The fourth-order valence-corrected chi connectivity index (χ4v) is 3.24. The number of H-pyrrole nitrogens is 1. The summed E-state index contributed by atoms with van der Waals surface area (Å²) in [5.41, 5.74) is 3.07. The Hall–Kier alpha value is -3.65. The van der Waals surface area contributed by atoms with E-state index in [1.807, 2.05) is 36.4 Å². The van der Waals surface area contributed by atoms with Gasteiger partial charge >= 0.3 is 6.03 Å². The molecule has 2 amide bonds. The topological polar surface area (TPSA) is 116 Å². The quantitative estimate of drug-likeness (QED) is 0.404. The maximum absolute atomic E-state index is 11.9. The molecule has 4 rings (SSSR count). The number of urea groups is 1. The smallest absolute Gasteiger partial charge is 0.320 e. The molecule has 29 heavy (non-hydrogen) atoms. The summed E-state index contributed by atoms with van der Waals surface area (Å²) >= 11 is 6.38. The normalized spacial score (nSPS) is 10.8. The molecular formula is C20H17ClN6O2. The molecule has 9 heteroatoms. The minimum atomic E-state index is -0.480. The molecule has 0 aliphatic heterocycles. The van der Waals surface area contributed by atoms with Gasteiger partial charge in [0.05, 0.1) is 22.4 Å². The molecule has 0 radical (unpaired) electrons. The second-order valence-corrected chi connectivity index (χ2v) is 6.64. The summed E-state index contributed by atoms with van der Waals surface area (Å²) in [6.45, 7) is 2.23. The van der Waals surface area contributed by atoms with Gasteiger partial charge in [0.15, 0.2) is 5.82 Å². The van der Waals surface area contributed by atoms with Gasteiger partial charge < -0.3 is 10.4 Å². The number of halogens is 1. The van der Waals surface area contributed by atoms with Crippen LogP contribution in [-0.4, -0.2) is 37.8 Å². The number of aromatic nitrogens is 4. The van der Waals surface area contributed by atoms with E-state index in [-0.39, 0.29) is 5.82 Å². The molecule has 0 fully saturated rings. The van der Waals surface area contributed by atoms with Crippen LogP contribution in [0.25, 0.3) is 33.4 Å². The second-order valence-electron chi connectivity index (χ2n) is 6.24. The summed E-state index contributed by atoms with van der Waals surface area (Å²) in [7, 11) is 0. The first-order chi connectivity index (χ1) is 14.1. The number of anilines is 1. The van der Waals surface area contributed by atoms with Crippen LogP contribution in [0.1, 0.15) is 6.92 Å². The van der Waals surface area contributed by atoms with Crippen molar-refractivity contribution in [2.75, 3.05) is 11.9 Å². The van der Waals surface area contributed by atoms with Crippen molar-refractivity contribution in [2.24, 2.45) is 0 Å². The van der Waals surface area contributed by atoms with Crippen LogP contribution in [-0.2, 0) is 0 Å². The van der Waals surface area contributed by atoms with Crippen molar-refractivity contribution in [3.8, 4) is 28.4 Å². The molecule has 0 atom stereocenters. The lowest BCUT2D eigenvalue weighted by Crippen LogP contribution is -2.28. The van der Waals surface area contributed by atoms with E-state index >= 15 is 0 Å². The number of carbonyl (C=O) groups is 1. The molecule has 8 nitrogen and oxygen atoms in total. The molecule has 0 spiro atoms. The number of fused-ring (bicyclic) bond motifs is 1. The summed E-state index contributed by atoms with van der Waals surface area (Å²) in [4.78, 5) is 20.7. The first-order valence-corrected chi connectivity index (χ1v) is 9.29. The standard InChI is InChI=1S/C20H17ClN6O2/c1-2-22-20(29)26-18-19(28)25-17(16(24-18)11-6-4-3-5-7-11)12-8-13-10-23-27-15(13)14(21)9-12/h3-10H,2H2,1H3,(H,23,27)(H,25,28)(H2,22,24,26,29). The fourth-order valence-electron chi connectivity index (χ4n) is 2.97. The molecule has 0 unspecified atom stereocenters. The predicted octanol–water partition coefficient (Wildman–Crippen LogP) is 4.19. The summed E-state index contributed by atoms with van der Waals surface area (Å²) in [6.07, 6.45) is 1.66. The predicted molar refractivity (Wildman–Crippen MR) is 112 cm³/mol. The molecule has 146 valence electrons. The number of amides is 2. The van der Waals surface area contributed by atoms with Crippen LogP contribution in [0, 0.1) is 0 Å². The van der Waals surface area contributed by atoms with E-state index in [9.17, 15) is 9.90 Å². The SMILES string of the molecule is CCNC(=O)Nc1nc(-c2ccccc2)c(-c2cc(Cl)c3[nH]ncc3c2)nc1O. The Balaban J connectivity index is 1.90. The van der Waals surface area contributed by atoms with Crippen LogP contribution in [0.2, 0.25) is 5.02 Å². The summed E-state index contributed by atoms with van der Waals surface area (Å²) in [6, 6.07) is 12.5. The van der Waals surface area contributed by atoms with Crippen LogP contribution < -0.4 is 10.6 Å². The number of aromatic hydroxyl groups is 1. The van der Waals surface area contributed by atoms with Gasteiger partial charge in [-0.05, 0) is 19.1 Å². The maximum atomic E-state index is 11.9. The average molecular weight is 409 g/mol. The van der Waals surface area contributed by atoms with Gasteiger partial charge in [-0.25, -0.2) is 14.8 Å². The Morgan fingerprint density at radius 3 is 2.66 bits per heavy atom. The highest BCUT2D eigenvalue weighted by Gasteiger charge is 2.19. The molecule has 4 aromatic rings. The molecule has 0 saturated heterocycles. The van der Waals surface area contributed by atoms with Crippen molar-refractivity contribution in [2.45, 2.75) is 6.92 Å². The van der Waals surface area contributed by atoms with Gasteiger partial charge in [-0.3, -0.25) is 10.4 Å². The molecule has 4 N–H and O–H groups in total. The number of carbonyl (C=O) groups excluding carboxylic acids is 1. The Kier molecular flexibility index (Phi) is 5.01. The molecule has 0 aliphatic rings. The van der Waals surface area contributed by atoms with Crippen molar-refractivity contribution in [3.05, 3.63) is 53.7 Å². The minimum absolute atomic E-state index is 0.0333. The molecule has 0 aliphatic carbocycles. The molecule has 2 aromatic heterocycles. The van der Waals surface area contributed by atoms with Gasteiger partial charge in [-0.1, -0.05) is 41.9 Å². The number of benzene rings is 2. The lowest BCUT2D eigenvalue weighted by Gasteiger charge is -2.13. The molecule has 0 bridgehead atoms. The Morgan fingerprint density at radius 1 is 1.14 bits per heavy atom. The Labute approximate surface area is 171 Å². The Bertz CT molecular complexity index is 1190. The van der Waals surface area contributed by atoms with Crippen molar-refractivity contribution in [3.63, 3.8) is 0 Å². The van der Waals surface area contributed by atoms with Crippen LogP contribution in [0.4, 0.5) is 10.6 Å². The zero-order valence-corrected chi connectivity index (χ0v) is 16.2. The van der Waals surface area contributed by atoms with Crippen molar-refractivity contribution in [1.82, 2.24) is 25.5 Å². The van der Waals surface area contributed by atoms with Crippen LogP contribution >= 0.6 is 11.6 Å². The van der Waals surface area contributed by atoms with E-state index in [1.165, 1.54) is 0 Å². The average Bonchev–Trinajstić information content (AvgIpc) is 3.19. The van der Waals surface area contributed by atoms with Gasteiger partial charge in [0, 0.05) is 23.1 Å². The largest absolute Gasteiger partial charge is 0.491 e. The first-order valence-electron chi connectivity index (χ1n) is 8.91. The lowest BCUT2D eigenvalue weighted by atomic mass is 10.0. The van der Waals surface area contributed by atoms with E-state index in [1.54, 1.807) is 19.2 Å².